The highest BCUT2D eigenvalue weighted by atomic mass is 16.5. The number of fused-ring (bicyclic) bond motifs is 1. The van der Waals surface area contributed by atoms with Crippen molar-refractivity contribution in [1.82, 2.24) is 5.32 Å². The Kier molecular flexibility index (Phi) is 6.03. The summed E-state index contributed by atoms with van der Waals surface area (Å²) >= 11 is 0. The Bertz CT molecular complexity index is 1120. The molecular weight excluding hydrogens is 390 g/mol. The maximum atomic E-state index is 12.8. The second kappa shape index (κ2) is 9.04. The average molecular weight is 415 g/mol. The van der Waals surface area contributed by atoms with Crippen LogP contribution in [0, 0.1) is 5.92 Å². The minimum absolute atomic E-state index is 0.0669. The van der Waals surface area contributed by atoms with E-state index in [0.29, 0.717) is 12.0 Å². The van der Waals surface area contributed by atoms with Crippen molar-refractivity contribution >= 4 is 22.6 Å². The number of rotatable bonds is 6. The van der Waals surface area contributed by atoms with Gasteiger partial charge in [-0.2, -0.15) is 0 Å². The van der Waals surface area contributed by atoms with Crippen LogP contribution in [0.2, 0.25) is 0 Å². The third-order valence-corrected chi connectivity index (χ3v) is 5.80. The molecule has 3 atom stereocenters. The standard InChI is InChI=1S/C26H25NO4/c1-30-23-13-10-18(11-14-23)24(26(29)31-2)20-9-12-22(16-20)27-25(28)21-8-7-17-5-3-4-6-19(17)15-21/h3-15,20,22,24H,16H2,1-2H3,(H,27,28)/t20-,22+,24+/m0/s1. The Balaban J connectivity index is 1.46. The van der Waals surface area contributed by atoms with Crippen LogP contribution in [0.1, 0.15) is 28.3 Å². The molecule has 0 aromatic heterocycles. The first-order valence-corrected chi connectivity index (χ1v) is 10.3. The van der Waals surface area contributed by atoms with E-state index in [9.17, 15) is 9.59 Å². The summed E-state index contributed by atoms with van der Waals surface area (Å²) in [6, 6.07) is 20.9. The lowest BCUT2D eigenvalue weighted by molar-refractivity contribution is -0.143. The van der Waals surface area contributed by atoms with Crippen LogP contribution in [0.25, 0.3) is 10.8 Å². The number of carbonyl (C=O) groups is 2. The number of allylic oxidation sites excluding steroid dienone is 1. The van der Waals surface area contributed by atoms with Gasteiger partial charge in [-0.15, -0.1) is 0 Å². The number of esters is 1. The Morgan fingerprint density at radius 2 is 1.68 bits per heavy atom. The summed E-state index contributed by atoms with van der Waals surface area (Å²) in [5.74, 6) is -0.186. The van der Waals surface area contributed by atoms with Gasteiger partial charge in [0.2, 0.25) is 0 Å². The summed E-state index contributed by atoms with van der Waals surface area (Å²) < 4.78 is 10.3. The zero-order chi connectivity index (χ0) is 21.8. The second-order valence-electron chi connectivity index (χ2n) is 7.70. The van der Waals surface area contributed by atoms with Crippen LogP contribution >= 0.6 is 0 Å². The van der Waals surface area contributed by atoms with E-state index >= 15 is 0 Å². The maximum Gasteiger partial charge on any atom is 0.313 e. The molecule has 4 rings (SSSR count). The molecule has 31 heavy (non-hydrogen) atoms. The molecule has 0 saturated heterocycles. The summed E-state index contributed by atoms with van der Waals surface area (Å²) in [6.45, 7) is 0. The van der Waals surface area contributed by atoms with E-state index in [0.717, 1.165) is 22.1 Å². The van der Waals surface area contributed by atoms with Gasteiger partial charge in [-0.05, 0) is 52.9 Å². The van der Waals surface area contributed by atoms with Crippen LogP contribution in [0.4, 0.5) is 0 Å². The smallest absolute Gasteiger partial charge is 0.313 e. The van der Waals surface area contributed by atoms with Gasteiger partial charge in [-0.1, -0.05) is 54.6 Å². The van der Waals surface area contributed by atoms with Gasteiger partial charge in [0.15, 0.2) is 0 Å². The fourth-order valence-corrected chi connectivity index (χ4v) is 4.16. The third kappa shape index (κ3) is 4.45. The molecule has 0 spiro atoms. The first kappa shape index (κ1) is 20.7. The molecule has 1 amide bonds. The highest BCUT2D eigenvalue weighted by molar-refractivity contribution is 5.98. The number of hydrogen-bond acceptors (Lipinski definition) is 4. The van der Waals surface area contributed by atoms with Gasteiger partial charge in [0, 0.05) is 11.6 Å². The van der Waals surface area contributed by atoms with Crippen LogP contribution in [0.15, 0.2) is 78.9 Å². The first-order chi connectivity index (χ1) is 15.1. The van der Waals surface area contributed by atoms with E-state index < -0.39 is 5.92 Å². The van der Waals surface area contributed by atoms with Crippen LogP contribution in [-0.2, 0) is 9.53 Å². The van der Waals surface area contributed by atoms with Gasteiger partial charge < -0.3 is 14.8 Å². The van der Waals surface area contributed by atoms with Crippen molar-refractivity contribution in [2.24, 2.45) is 5.92 Å². The highest BCUT2D eigenvalue weighted by Crippen LogP contribution is 2.35. The first-order valence-electron chi connectivity index (χ1n) is 10.3. The zero-order valence-electron chi connectivity index (χ0n) is 17.6. The minimum Gasteiger partial charge on any atom is -0.497 e. The lowest BCUT2D eigenvalue weighted by Gasteiger charge is -2.22. The molecule has 5 nitrogen and oxygen atoms in total. The molecule has 0 unspecified atom stereocenters. The maximum absolute atomic E-state index is 12.8. The molecule has 3 aromatic rings. The number of amides is 1. The van der Waals surface area contributed by atoms with Crippen molar-refractivity contribution in [3.63, 3.8) is 0 Å². The monoisotopic (exact) mass is 415 g/mol. The quantitative estimate of drug-likeness (QED) is 0.476. The molecule has 5 heteroatoms. The largest absolute Gasteiger partial charge is 0.497 e. The summed E-state index contributed by atoms with van der Waals surface area (Å²) in [5.41, 5.74) is 1.49. The number of nitrogens with one attached hydrogen (secondary N) is 1. The topological polar surface area (TPSA) is 64.6 Å². The zero-order valence-corrected chi connectivity index (χ0v) is 17.6. The Morgan fingerprint density at radius 3 is 2.39 bits per heavy atom. The van der Waals surface area contributed by atoms with E-state index in [-0.39, 0.29) is 23.8 Å². The van der Waals surface area contributed by atoms with Crippen molar-refractivity contribution in [3.8, 4) is 5.75 Å². The fourth-order valence-electron chi connectivity index (χ4n) is 4.16. The predicted octanol–water partition coefficient (Wildman–Crippen LogP) is 4.48. The molecule has 0 fully saturated rings. The summed E-state index contributed by atoms with van der Waals surface area (Å²) in [5, 5.41) is 5.20. The molecule has 0 aliphatic heterocycles. The Morgan fingerprint density at radius 1 is 0.935 bits per heavy atom. The molecule has 0 bridgehead atoms. The van der Waals surface area contributed by atoms with E-state index in [1.165, 1.54) is 7.11 Å². The van der Waals surface area contributed by atoms with Gasteiger partial charge in [0.05, 0.1) is 20.1 Å². The number of methoxy groups -OCH3 is 2. The predicted molar refractivity (Wildman–Crippen MR) is 120 cm³/mol. The van der Waals surface area contributed by atoms with E-state index in [2.05, 4.69) is 5.32 Å². The number of hydrogen-bond donors (Lipinski definition) is 1. The lowest BCUT2D eigenvalue weighted by Crippen LogP contribution is -2.33. The molecular formula is C26H25NO4. The van der Waals surface area contributed by atoms with Crippen molar-refractivity contribution in [2.75, 3.05) is 14.2 Å². The van der Waals surface area contributed by atoms with Gasteiger partial charge in [0.1, 0.15) is 5.75 Å². The van der Waals surface area contributed by atoms with Gasteiger partial charge in [-0.3, -0.25) is 9.59 Å². The SMILES string of the molecule is COC(=O)[C@H](c1ccc(OC)cc1)[C@H]1C=C[C@@H](NC(=O)c2ccc3ccccc3c2)C1. The van der Waals surface area contributed by atoms with E-state index in [1.807, 2.05) is 78.9 Å². The van der Waals surface area contributed by atoms with E-state index in [1.54, 1.807) is 7.11 Å². The Hall–Kier alpha value is -3.60. The molecule has 3 aromatic carbocycles. The lowest BCUT2D eigenvalue weighted by atomic mass is 9.85. The summed E-state index contributed by atoms with van der Waals surface area (Å²) in [6.07, 6.45) is 4.59. The molecule has 1 N–H and O–H groups in total. The molecule has 0 heterocycles. The normalized spacial score (nSPS) is 18.5. The molecule has 158 valence electrons. The van der Waals surface area contributed by atoms with Crippen molar-refractivity contribution in [2.45, 2.75) is 18.4 Å². The van der Waals surface area contributed by atoms with Crippen LogP contribution in [0.3, 0.4) is 0 Å². The van der Waals surface area contributed by atoms with Crippen molar-refractivity contribution < 1.29 is 19.1 Å². The summed E-state index contributed by atoms with van der Waals surface area (Å²) in [4.78, 5) is 25.4. The summed E-state index contributed by atoms with van der Waals surface area (Å²) in [7, 11) is 3.01. The highest BCUT2D eigenvalue weighted by Gasteiger charge is 2.34. The van der Waals surface area contributed by atoms with Gasteiger partial charge in [0.25, 0.3) is 5.91 Å². The van der Waals surface area contributed by atoms with Crippen LogP contribution in [0.5, 0.6) is 5.75 Å². The van der Waals surface area contributed by atoms with Crippen LogP contribution in [-0.4, -0.2) is 32.1 Å². The molecule has 0 radical (unpaired) electrons. The molecule has 0 saturated carbocycles. The number of benzene rings is 3. The fraction of sp³-hybridized carbons (Fsp3) is 0.231. The van der Waals surface area contributed by atoms with Gasteiger partial charge >= 0.3 is 5.97 Å². The van der Waals surface area contributed by atoms with Crippen molar-refractivity contribution in [3.05, 3.63) is 90.0 Å². The van der Waals surface area contributed by atoms with Crippen LogP contribution < -0.4 is 10.1 Å². The van der Waals surface area contributed by atoms with E-state index in [4.69, 9.17) is 9.47 Å². The molecule has 1 aliphatic rings. The Labute approximate surface area is 181 Å². The van der Waals surface area contributed by atoms with Crippen molar-refractivity contribution in [1.29, 1.82) is 0 Å². The number of ether oxygens (including phenoxy) is 2. The van der Waals surface area contributed by atoms with Gasteiger partial charge in [-0.25, -0.2) is 0 Å². The minimum atomic E-state index is -0.435. The third-order valence-electron chi connectivity index (χ3n) is 5.80. The average Bonchev–Trinajstić information content (AvgIpc) is 3.26. The molecule has 1 aliphatic carbocycles. The second-order valence-corrected chi connectivity index (χ2v) is 7.70. The number of carbonyl (C=O) groups excluding carboxylic acids is 2.